The molecule has 0 saturated carbocycles. The standard InChI is InChI=1S/C20H24N4O3/c1-2-3-10-24(13-15-6-4-8-21-11-15)20(26)19-18(23-17(25)14-27-19)16-7-5-9-22-12-16/h4-9,11-12,18-19H,2-3,10,13-14H2,1H3,(H,23,25)/t18-,19+/m1/s1. The molecule has 0 unspecified atom stereocenters. The molecule has 3 rings (SSSR count). The fourth-order valence-corrected chi connectivity index (χ4v) is 3.09. The number of hydrogen-bond donors (Lipinski definition) is 1. The number of rotatable bonds is 7. The number of hydrogen-bond acceptors (Lipinski definition) is 5. The summed E-state index contributed by atoms with van der Waals surface area (Å²) in [6, 6.07) is 6.87. The molecule has 2 atom stereocenters. The van der Waals surface area contributed by atoms with Gasteiger partial charge in [0.2, 0.25) is 5.91 Å². The normalized spacial score (nSPS) is 19.4. The maximum Gasteiger partial charge on any atom is 0.254 e. The average molecular weight is 368 g/mol. The van der Waals surface area contributed by atoms with Gasteiger partial charge < -0.3 is 15.0 Å². The molecule has 1 saturated heterocycles. The smallest absolute Gasteiger partial charge is 0.254 e. The first-order chi connectivity index (χ1) is 13.2. The van der Waals surface area contributed by atoms with Gasteiger partial charge in [-0.2, -0.15) is 0 Å². The summed E-state index contributed by atoms with van der Waals surface area (Å²) >= 11 is 0. The molecule has 2 amide bonds. The van der Waals surface area contributed by atoms with Crippen LogP contribution in [0.1, 0.15) is 36.9 Å². The van der Waals surface area contributed by atoms with Gasteiger partial charge in [0.25, 0.3) is 5.91 Å². The zero-order valence-electron chi connectivity index (χ0n) is 15.4. The van der Waals surface area contributed by atoms with E-state index in [1.165, 1.54) is 0 Å². The summed E-state index contributed by atoms with van der Waals surface area (Å²) in [4.78, 5) is 35.2. The van der Waals surface area contributed by atoms with Crippen molar-refractivity contribution in [2.24, 2.45) is 0 Å². The van der Waals surface area contributed by atoms with Crippen molar-refractivity contribution in [3.8, 4) is 0 Å². The van der Waals surface area contributed by atoms with Crippen molar-refractivity contribution >= 4 is 11.8 Å². The summed E-state index contributed by atoms with van der Waals surface area (Å²) in [7, 11) is 0. The minimum absolute atomic E-state index is 0.123. The lowest BCUT2D eigenvalue weighted by Crippen LogP contribution is -2.53. The third-order valence-electron chi connectivity index (χ3n) is 4.49. The lowest BCUT2D eigenvalue weighted by Gasteiger charge is -2.35. The Hall–Kier alpha value is -2.80. The highest BCUT2D eigenvalue weighted by Crippen LogP contribution is 2.24. The first-order valence-electron chi connectivity index (χ1n) is 9.17. The van der Waals surface area contributed by atoms with Gasteiger partial charge in [-0.25, -0.2) is 0 Å². The van der Waals surface area contributed by atoms with Gasteiger partial charge in [-0.05, 0) is 29.7 Å². The van der Waals surface area contributed by atoms with E-state index in [9.17, 15) is 9.59 Å². The summed E-state index contributed by atoms with van der Waals surface area (Å²) in [6.45, 7) is 3.04. The minimum Gasteiger partial charge on any atom is -0.356 e. The van der Waals surface area contributed by atoms with Gasteiger partial charge >= 0.3 is 0 Å². The van der Waals surface area contributed by atoms with Crippen molar-refractivity contribution in [2.45, 2.75) is 38.5 Å². The number of unbranched alkanes of at least 4 members (excludes halogenated alkanes) is 1. The molecule has 2 aromatic rings. The van der Waals surface area contributed by atoms with E-state index >= 15 is 0 Å². The molecule has 0 aliphatic carbocycles. The first-order valence-corrected chi connectivity index (χ1v) is 9.17. The van der Waals surface area contributed by atoms with Crippen LogP contribution in [-0.2, 0) is 20.9 Å². The van der Waals surface area contributed by atoms with Crippen LogP contribution in [0.2, 0.25) is 0 Å². The second-order valence-electron chi connectivity index (χ2n) is 6.54. The van der Waals surface area contributed by atoms with E-state index < -0.39 is 12.1 Å². The van der Waals surface area contributed by atoms with Crippen LogP contribution in [-0.4, -0.2) is 45.9 Å². The summed E-state index contributed by atoms with van der Waals surface area (Å²) in [6.07, 6.45) is 7.86. The number of morpholine rings is 1. The lowest BCUT2D eigenvalue weighted by molar-refractivity contribution is -0.155. The molecule has 142 valence electrons. The predicted molar refractivity (Wildman–Crippen MR) is 99.4 cm³/mol. The molecule has 7 heteroatoms. The van der Waals surface area contributed by atoms with E-state index in [1.807, 2.05) is 18.2 Å². The number of carbonyl (C=O) groups is 2. The highest BCUT2D eigenvalue weighted by atomic mass is 16.5. The van der Waals surface area contributed by atoms with E-state index in [1.54, 1.807) is 35.8 Å². The molecule has 0 aromatic carbocycles. The number of ether oxygens (including phenoxy) is 1. The number of carbonyl (C=O) groups excluding carboxylic acids is 2. The number of amides is 2. The van der Waals surface area contributed by atoms with Gasteiger partial charge in [0.1, 0.15) is 6.61 Å². The fourth-order valence-electron chi connectivity index (χ4n) is 3.09. The molecule has 0 spiro atoms. The minimum atomic E-state index is -0.777. The molecule has 0 bridgehead atoms. The highest BCUT2D eigenvalue weighted by molar-refractivity contribution is 5.86. The number of pyridine rings is 2. The van der Waals surface area contributed by atoms with Crippen molar-refractivity contribution in [1.29, 1.82) is 0 Å². The number of aromatic nitrogens is 2. The Balaban J connectivity index is 1.82. The Morgan fingerprint density at radius 1 is 1.26 bits per heavy atom. The van der Waals surface area contributed by atoms with Crippen LogP contribution in [0.5, 0.6) is 0 Å². The second kappa shape index (κ2) is 9.23. The number of nitrogens with one attached hydrogen (secondary N) is 1. The number of nitrogens with zero attached hydrogens (tertiary/aromatic N) is 3. The molecule has 1 aliphatic rings. The van der Waals surface area contributed by atoms with Crippen LogP contribution < -0.4 is 5.32 Å². The van der Waals surface area contributed by atoms with Gasteiger partial charge in [0.15, 0.2) is 6.10 Å². The van der Waals surface area contributed by atoms with Crippen LogP contribution in [0.25, 0.3) is 0 Å². The van der Waals surface area contributed by atoms with E-state index in [4.69, 9.17) is 4.74 Å². The Morgan fingerprint density at radius 2 is 2.04 bits per heavy atom. The molecule has 27 heavy (non-hydrogen) atoms. The molecule has 0 radical (unpaired) electrons. The summed E-state index contributed by atoms with van der Waals surface area (Å²) < 4.78 is 5.67. The van der Waals surface area contributed by atoms with Crippen LogP contribution >= 0.6 is 0 Å². The quantitative estimate of drug-likeness (QED) is 0.806. The summed E-state index contributed by atoms with van der Waals surface area (Å²) in [5.74, 6) is -0.374. The molecule has 3 heterocycles. The van der Waals surface area contributed by atoms with Crippen molar-refractivity contribution < 1.29 is 14.3 Å². The van der Waals surface area contributed by atoms with Crippen molar-refractivity contribution in [1.82, 2.24) is 20.2 Å². The van der Waals surface area contributed by atoms with Crippen LogP contribution in [0.15, 0.2) is 49.1 Å². The maximum absolute atomic E-state index is 13.3. The Kier molecular flexibility index (Phi) is 6.49. The molecule has 2 aromatic heterocycles. The molecule has 1 N–H and O–H groups in total. The van der Waals surface area contributed by atoms with Crippen LogP contribution in [0.4, 0.5) is 0 Å². The summed E-state index contributed by atoms with van der Waals surface area (Å²) in [5.41, 5.74) is 1.71. The predicted octanol–water partition coefficient (Wildman–Crippen LogP) is 1.86. The molecule has 1 fully saturated rings. The topological polar surface area (TPSA) is 84.4 Å². The van der Waals surface area contributed by atoms with Gasteiger partial charge in [0, 0.05) is 37.9 Å². The van der Waals surface area contributed by atoms with Crippen LogP contribution in [0.3, 0.4) is 0 Å². The molecular weight excluding hydrogens is 344 g/mol. The maximum atomic E-state index is 13.3. The zero-order chi connectivity index (χ0) is 19.1. The fraction of sp³-hybridized carbons (Fsp3) is 0.400. The average Bonchev–Trinajstić information content (AvgIpc) is 2.72. The Bertz CT molecular complexity index is 754. The van der Waals surface area contributed by atoms with Crippen molar-refractivity contribution in [3.63, 3.8) is 0 Å². The highest BCUT2D eigenvalue weighted by Gasteiger charge is 2.38. The molecule has 7 nitrogen and oxygen atoms in total. The second-order valence-corrected chi connectivity index (χ2v) is 6.54. The first kappa shape index (κ1) is 19.0. The zero-order valence-corrected chi connectivity index (χ0v) is 15.4. The van der Waals surface area contributed by atoms with Crippen molar-refractivity contribution in [3.05, 3.63) is 60.2 Å². The van der Waals surface area contributed by atoms with Gasteiger partial charge in [-0.3, -0.25) is 19.6 Å². The largest absolute Gasteiger partial charge is 0.356 e. The van der Waals surface area contributed by atoms with E-state index in [-0.39, 0.29) is 18.4 Å². The monoisotopic (exact) mass is 368 g/mol. The van der Waals surface area contributed by atoms with Gasteiger partial charge in [-0.1, -0.05) is 25.5 Å². The lowest BCUT2D eigenvalue weighted by atomic mass is 10.00. The van der Waals surface area contributed by atoms with Crippen molar-refractivity contribution in [2.75, 3.05) is 13.2 Å². The van der Waals surface area contributed by atoms with E-state index in [2.05, 4.69) is 22.2 Å². The third-order valence-corrected chi connectivity index (χ3v) is 4.49. The molecule has 1 aliphatic heterocycles. The van der Waals surface area contributed by atoms with E-state index in [0.717, 1.165) is 24.0 Å². The van der Waals surface area contributed by atoms with Gasteiger partial charge in [0.05, 0.1) is 6.04 Å². The Morgan fingerprint density at radius 3 is 2.70 bits per heavy atom. The van der Waals surface area contributed by atoms with Crippen LogP contribution in [0, 0.1) is 0 Å². The Labute approximate surface area is 158 Å². The van der Waals surface area contributed by atoms with Gasteiger partial charge in [-0.15, -0.1) is 0 Å². The SMILES string of the molecule is CCCCN(Cc1cccnc1)C(=O)[C@H]1OCC(=O)N[C@@H]1c1cccnc1. The summed E-state index contributed by atoms with van der Waals surface area (Å²) in [5, 5.41) is 2.87. The third kappa shape index (κ3) is 4.89. The molecular formula is C20H24N4O3. The van der Waals surface area contributed by atoms with E-state index in [0.29, 0.717) is 13.1 Å².